The lowest BCUT2D eigenvalue weighted by atomic mass is 9.47. The monoisotopic (exact) mass is 314 g/mol. The second kappa shape index (κ2) is 5.20. The number of ketones is 1. The highest BCUT2D eigenvalue weighted by Gasteiger charge is 2.60. The fourth-order valence-electron chi connectivity index (χ4n) is 7.14. The molecule has 0 radical (unpaired) electrons. The highest BCUT2D eigenvalue weighted by atomic mass is 16.1. The minimum Gasteiger partial charge on any atom is -0.299 e. The predicted octanol–water partition coefficient (Wildman–Crippen LogP) is 5.79. The molecule has 4 rings (SSSR count). The van der Waals surface area contributed by atoms with Gasteiger partial charge in [-0.2, -0.15) is 0 Å². The van der Waals surface area contributed by atoms with Gasteiger partial charge in [-0.3, -0.25) is 4.79 Å². The quantitative estimate of drug-likeness (QED) is 0.560. The van der Waals surface area contributed by atoms with E-state index in [1.165, 1.54) is 38.5 Å². The maximum Gasteiger partial charge on any atom is 0.142 e. The predicted molar refractivity (Wildman–Crippen MR) is 95.0 cm³/mol. The molecule has 0 bridgehead atoms. The first-order chi connectivity index (χ1) is 10.9. The van der Waals surface area contributed by atoms with Gasteiger partial charge in [-0.05, 0) is 80.5 Å². The maximum absolute atomic E-state index is 13.0. The summed E-state index contributed by atoms with van der Waals surface area (Å²) in [7, 11) is 0. The van der Waals surface area contributed by atoms with Gasteiger partial charge < -0.3 is 0 Å². The third-order valence-electron chi connectivity index (χ3n) is 8.70. The van der Waals surface area contributed by atoms with Gasteiger partial charge in [0.1, 0.15) is 5.78 Å². The van der Waals surface area contributed by atoms with Crippen molar-refractivity contribution in [3.8, 4) is 0 Å². The van der Waals surface area contributed by atoms with Crippen molar-refractivity contribution in [1.82, 2.24) is 0 Å². The average Bonchev–Trinajstić information content (AvgIpc) is 2.79. The molecule has 0 aromatic heterocycles. The van der Waals surface area contributed by atoms with Crippen LogP contribution < -0.4 is 0 Å². The zero-order valence-electron chi connectivity index (χ0n) is 15.5. The second-order valence-corrected chi connectivity index (χ2v) is 9.77. The van der Waals surface area contributed by atoms with Gasteiger partial charge in [0, 0.05) is 11.3 Å². The molecule has 0 saturated heterocycles. The zero-order chi connectivity index (χ0) is 16.4. The molecule has 0 N–H and O–H groups in total. The molecule has 4 aliphatic carbocycles. The third-order valence-corrected chi connectivity index (χ3v) is 8.70. The van der Waals surface area contributed by atoms with Crippen molar-refractivity contribution in [2.24, 2.45) is 40.4 Å². The van der Waals surface area contributed by atoms with E-state index < -0.39 is 0 Å². The van der Waals surface area contributed by atoms with Crippen molar-refractivity contribution in [3.05, 3.63) is 11.6 Å². The Bertz CT molecular complexity index is 546. The Kier molecular flexibility index (Phi) is 3.60. The van der Waals surface area contributed by atoms with Crippen molar-refractivity contribution in [3.63, 3.8) is 0 Å². The molecular weight excluding hydrogens is 280 g/mol. The number of hydrogen-bond donors (Lipinski definition) is 0. The Morgan fingerprint density at radius 1 is 1.13 bits per heavy atom. The van der Waals surface area contributed by atoms with Crippen molar-refractivity contribution in [2.45, 2.75) is 79.1 Å². The van der Waals surface area contributed by atoms with E-state index >= 15 is 0 Å². The lowest BCUT2D eigenvalue weighted by molar-refractivity contribution is -0.134. The first kappa shape index (κ1) is 15.9. The van der Waals surface area contributed by atoms with Gasteiger partial charge in [0.2, 0.25) is 0 Å². The molecular formula is C22H34O. The van der Waals surface area contributed by atoms with Crippen LogP contribution in [0.3, 0.4) is 0 Å². The van der Waals surface area contributed by atoms with Gasteiger partial charge >= 0.3 is 0 Å². The van der Waals surface area contributed by atoms with Crippen LogP contribution in [-0.2, 0) is 4.79 Å². The number of fused-ring (bicyclic) bond motifs is 5. The van der Waals surface area contributed by atoms with Gasteiger partial charge in [0.15, 0.2) is 0 Å². The second-order valence-electron chi connectivity index (χ2n) is 9.77. The first-order valence-corrected chi connectivity index (χ1v) is 10.1. The lowest BCUT2D eigenvalue weighted by Gasteiger charge is -2.57. The van der Waals surface area contributed by atoms with Crippen LogP contribution in [0.15, 0.2) is 11.6 Å². The minimum atomic E-state index is 0.00546. The van der Waals surface area contributed by atoms with Crippen LogP contribution in [-0.4, -0.2) is 5.78 Å². The number of carbonyl (C=O) groups is 1. The van der Waals surface area contributed by atoms with E-state index in [9.17, 15) is 4.79 Å². The molecule has 0 amide bonds. The molecule has 1 nitrogen and oxygen atoms in total. The largest absolute Gasteiger partial charge is 0.299 e. The molecule has 1 heteroatoms. The van der Waals surface area contributed by atoms with Crippen LogP contribution in [0.4, 0.5) is 0 Å². The highest BCUT2D eigenvalue weighted by molar-refractivity contribution is 5.89. The summed E-state index contributed by atoms with van der Waals surface area (Å²) >= 11 is 0. The normalized spacial score (nSPS) is 52.4. The van der Waals surface area contributed by atoms with Gasteiger partial charge in [-0.25, -0.2) is 0 Å². The third kappa shape index (κ3) is 2.07. The number of rotatable bonds is 1. The van der Waals surface area contributed by atoms with Crippen molar-refractivity contribution < 1.29 is 4.79 Å². The molecule has 4 aliphatic rings. The number of hydrogen-bond acceptors (Lipinski definition) is 1. The van der Waals surface area contributed by atoms with E-state index in [0.717, 1.165) is 30.6 Å². The van der Waals surface area contributed by atoms with Crippen LogP contribution in [0.5, 0.6) is 0 Å². The van der Waals surface area contributed by atoms with Gasteiger partial charge in [0.05, 0.1) is 0 Å². The standard InChI is InChI=1S/C22H34O/c1-5-15-13-19-17-7-6-16-12-14(2)8-10-21(16,3)18(17)9-11-22(19,4)20(15)23/h6,14-15,17-19H,5,7-13H2,1-4H3/t14-,15-,17+,18-,19-,21-,22-/m0/s1. The number of allylic oxidation sites excluding steroid dienone is 2. The summed E-state index contributed by atoms with van der Waals surface area (Å²) in [6.07, 6.45) is 12.7. The molecule has 23 heavy (non-hydrogen) atoms. The molecule has 0 unspecified atom stereocenters. The van der Waals surface area contributed by atoms with Gasteiger partial charge in [-0.1, -0.05) is 39.3 Å². The molecule has 128 valence electrons. The fourth-order valence-corrected chi connectivity index (χ4v) is 7.14. The SMILES string of the molecule is CC[C@H]1C[C@H]2[C@@H]3CC=C4C[C@@H](C)CC[C@]4(C)[C@H]3CC[C@]2(C)C1=O. The smallest absolute Gasteiger partial charge is 0.142 e. The zero-order valence-corrected chi connectivity index (χ0v) is 15.5. The van der Waals surface area contributed by atoms with Crippen LogP contribution in [0, 0.1) is 40.4 Å². The molecule has 0 aromatic carbocycles. The Balaban J connectivity index is 1.68. The molecule has 0 heterocycles. The minimum absolute atomic E-state index is 0.00546. The molecule has 7 atom stereocenters. The fraction of sp³-hybridized carbons (Fsp3) is 0.864. The topological polar surface area (TPSA) is 17.1 Å². The van der Waals surface area contributed by atoms with Crippen molar-refractivity contribution in [2.75, 3.05) is 0 Å². The van der Waals surface area contributed by atoms with Gasteiger partial charge in [-0.15, -0.1) is 0 Å². The summed E-state index contributed by atoms with van der Waals surface area (Å²) in [4.78, 5) is 13.0. The summed E-state index contributed by atoms with van der Waals surface area (Å²) in [5.41, 5.74) is 2.23. The van der Waals surface area contributed by atoms with E-state index in [1.54, 1.807) is 5.57 Å². The Labute approximate surface area is 142 Å². The molecule has 3 saturated carbocycles. The van der Waals surface area contributed by atoms with Crippen LogP contribution >= 0.6 is 0 Å². The van der Waals surface area contributed by atoms with Crippen LogP contribution in [0.1, 0.15) is 79.1 Å². The van der Waals surface area contributed by atoms with E-state index in [0.29, 0.717) is 23.0 Å². The van der Waals surface area contributed by atoms with Crippen LogP contribution in [0.2, 0.25) is 0 Å². The van der Waals surface area contributed by atoms with Crippen molar-refractivity contribution in [1.29, 1.82) is 0 Å². The molecule has 3 fully saturated rings. The number of carbonyl (C=O) groups excluding carboxylic acids is 1. The summed E-state index contributed by atoms with van der Waals surface area (Å²) in [6, 6.07) is 0. The maximum atomic E-state index is 13.0. The summed E-state index contributed by atoms with van der Waals surface area (Å²) in [5, 5.41) is 0. The Morgan fingerprint density at radius 2 is 1.87 bits per heavy atom. The average molecular weight is 315 g/mol. The van der Waals surface area contributed by atoms with Crippen molar-refractivity contribution >= 4 is 5.78 Å². The van der Waals surface area contributed by atoms with E-state index in [-0.39, 0.29) is 5.41 Å². The number of Topliss-reactive ketones (excluding diaryl/α,β-unsaturated/α-hetero) is 1. The molecule has 0 spiro atoms. The highest BCUT2D eigenvalue weighted by Crippen LogP contribution is 2.65. The Morgan fingerprint density at radius 3 is 2.61 bits per heavy atom. The van der Waals surface area contributed by atoms with E-state index in [2.05, 4.69) is 33.8 Å². The summed E-state index contributed by atoms with van der Waals surface area (Å²) in [5.74, 6) is 4.12. The van der Waals surface area contributed by atoms with E-state index in [4.69, 9.17) is 0 Å². The van der Waals surface area contributed by atoms with Gasteiger partial charge in [0.25, 0.3) is 0 Å². The molecule has 0 aliphatic heterocycles. The summed E-state index contributed by atoms with van der Waals surface area (Å²) in [6.45, 7) is 9.52. The molecule has 0 aromatic rings. The Hall–Kier alpha value is -0.590. The lowest BCUT2D eigenvalue weighted by Crippen LogP contribution is -2.50. The van der Waals surface area contributed by atoms with E-state index in [1.807, 2.05) is 0 Å². The summed E-state index contributed by atoms with van der Waals surface area (Å²) < 4.78 is 0. The van der Waals surface area contributed by atoms with Crippen LogP contribution in [0.25, 0.3) is 0 Å². The first-order valence-electron chi connectivity index (χ1n) is 10.1.